The third kappa shape index (κ3) is 9.94. The van der Waals surface area contributed by atoms with E-state index in [-0.39, 0.29) is 17.7 Å². The summed E-state index contributed by atoms with van der Waals surface area (Å²) in [5, 5.41) is 10.7. The maximum atomic E-state index is 12.8. The van der Waals surface area contributed by atoms with E-state index in [0.717, 1.165) is 30.3 Å². The van der Waals surface area contributed by atoms with E-state index in [1.54, 1.807) is 42.5 Å². The third-order valence-corrected chi connectivity index (χ3v) is 9.61. The second-order valence-corrected chi connectivity index (χ2v) is 13.6. The molecule has 8 nitrogen and oxygen atoms in total. The average Bonchev–Trinajstić information content (AvgIpc) is 3.12. The second-order valence-electron chi connectivity index (χ2n) is 12.7. The number of aromatic nitrogens is 1. The molecule has 2 saturated carbocycles. The molecule has 6 rings (SSSR count). The lowest BCUT2D eigenvalue weighted by Crippen LogP contribution is -2.31. The molecular formula is C38H43Cl2N5O3. The van der Waals surface area contributed by atoms with Crippen molar-refractivity contribution >= 4 is 63.2 Å². The van der Waals surface area contributed by atoms with E-state index < -0.39 is 0 Å². The number of para-hydroxylation sites is 1. The molecule has 0 spiro atoms. The number of fused-ring (bicyclic) bond motifs is 1. The molecule has 3 aromatic carbocycles. The minimum absolute atomic E-state index is 0.124. The van der Waals surface area contributed by atoms with Crippen LogP contribution in [0.2, 0.25) is 10.0 Å². The van der Waals surface area contributed by atoms with Crippen LogP contribution in [0.25, 0.3) is 10.9 Å². The molecule has 2 aliphatic rings. The van der Waals surface area contributed by atoms with Gasteiger partial charge < -0.3 is 21.7 Å². The molecule has 0 aliphatic heterocycles. The largest absolute Gasteiger partial charge is 0.398 e. The zero-order valence-electron chi connectivity index (χ0n) is 27.1. The molecule has 2 aliphatic carbocycles. The number of anilines is 2. The summed E-state index contributed by atoms with van der Waals surface area (Å²) < 4.78 is 0. The Balaban J connectivity index is 0.000000214. The summed E-state index contributed by atoms with van der Waals surface area (Å²) in [6.07, 6.45) is 13.9. The van der Waals surface area contributed by atoms with E-state index in [0.29, 0.717) is 56.5 Å². The summed E-state index contributed by atoms with van der Waals surface area (Å²) in [5.74, 6) is 0.458. The first-order valence-electron chi connectivity index (χ1n) is 16.8. The number of carbonyl (C=O) groups is 3. The average molecular weight is 689 g/mol. The molecule has 0 unspecified atom stereocenters. The van der Waals surface area contributed by atoms with Crippen LogP contribution in [0.4, 0.5) is 11.4 Å². The Morgan fingerprint density at radius 3 is 1.90 bits per heavy atom. The van der Waals surface area contributed by atoms with Crippen molar-refractivity contribution in [3.8, 4) is 0 Å². The number of benzene rings is 3. The molecule has 3 amide bonds. The van der Waals surface area contributed by atoms with Crippen LogP contribution in [0.15, 0.2) is 72.9 Å². The van der Waals surface area contributed by atoms with Crippen molar-refractivity contribution in [2.75, 3.05) is 24.1 Å². The van der Waals surface area contributed by atoms with Crippen LogP contribution >= 0.6 is 23.2 Å². The lowest BCUT2D eigenvalue weighted by Gasteiger charge is -2.22. The van der Waals surface area contributed by atoms with Gasteiger partial charge in [0, 0.05) is 40.4 Å². The highest BCUT2D eigenvalue weighted by Gasteiger charge is 2.19. The fourth-order valence-corrected chi connectivity index (χ4v) is 6.72. The van der Waals surface area contributed by atoms with E-state index in [1.807, 2.05) is 24.3 Å². The van der Waals surface area contributed by atoms with Gasteiger partial charge in [-0.3, -0.25) is 19.4 Å². The SMILES string of the molecule is Nc1ccc(Cl)cc1C(=O)NCC1CCCCC1.O=C(Nc1ccc(Cl)cc1C(=O)NCC1CCCCC1)c1cnc2ccccc2c1. The first-order valence-corrected chi connectivity index (χ1v) is 17.6. The smallest absolute Gasteiger partial charge is 0.257 e. The highest BCUT2D eigenvalue weighted by atomic mass is 35.5. The number of carbonyl (C=O) groups excluding carboxylic acids is 3. The predicted molar refractivity (Wildman–Crippen MR) is 195 cm³/mol. The van der Waals surface area contributed by atoms with Gasteiger partial charge in [0.05, 0.1) is 27.9 Å². The van der Waals surface area contributed by atoms with Crippen LogP contribution in [-0.4, -0.2) is 35.8 Å². The number of nitrogens with one attached hydrogen (secondary N) is 3. The standard InChI is InChI=1S/C24H24ClN3O2.C14H19ClN2O/c25-19-10-11-22(20(13-19)24(30)27-14-16-6-2-1-3-7-16)28-23(29)18-12-17-8-4-5-9-21(17)26-15-18;15-11-6-7-13(16)12(8-11)14(18)17-9-10-4-2-1-3-5-10/h4-5,8-13,15-16H,1-3,6-7,14H2,(H,27,30)(H,28,29);6-8,10H,1-5,9,16H2,(H,17,18). The molecule has 48 heavy (non-hydrogen) atoms. The zero-order chi connectivity index (χ0) is 33.9. The van der Waals surface area contributed by atoms with Crippen molar-refractivity contribution < 1.29 is 14.4 Å². The normalized spacial score (nSPS) is 15.2. The molecule has 0 bridgehead atoms. The van der Waals surface area contributed by atoms with Crippen molar-refractivity contribution in [3.05, 3.63) is 99.7 Å². The first-order chi connectivity index (χ1) is 23.3. The fraction of sp³-hybridized carbons (Fsp3) is 0.368. The number of nitrogen functional groups attached to an aromatic ring is 1. The zero-order valence-corrected chi connectivity index (χ0v) is 28.6. The Bertz CT molecular complexity index is 1740. The van der Waals surface area contributed by atoms with Gasteiger partial charge in [0.15, 0.2) is 0 Å². The van der Waals surface area contributed by atoms with Gasteiger partial charge in [-0.2, -0.15) is 0 Å². The topological polar surface area (TPSA) is 126 Å². The van der Waals surface area contributed by atoms with Gasteiger partial charge in [0.2, 0.25) is 0 Å². The maximum absolute atomic E-state index is 12.8. The summed E-state index contributed by atoms with van der Waals surface area (Å²) in [7, 11) is 0. The maximum Gasteiger partial charge on any atom is 0.257 e. The second kappa shape index (κ2) is 17.3. The van der Waals surface area contributed by atoms with E-state index in [9.17, 15) is 14.4 Å². The fourth-order valence-electron chi connectivity index (χ4n) is 6.38. The van der Waals surface area contributed by atoms with E-state index in [4.69, 9.17) is 28.9 Å². The first kappa shape index (κ1) is 35.2. The monoisotopic (exact) mass is 687 g/mol. The summed E-state index contributed by atoms with van der Waals surface area (Å²) in [4.78, 5) is 42.0. The summed E-state index contributed by atoms with van der Waals surface area (Å²) in [5.41, 5.74) is 8.76. The van der Waals surface area contributed by atoms with Crippen LogP contribution in [0, 0.1) is 11.8 Å². The summed E-state index contributed by atoms with van der Waals surface area (Å²) in [6.45, 7) is 1.39. The molecule has 5 N–H and O–H groups in total. The number of rotatable bonds is 8. The molecule has 1 aromatic heterocycles. The van der Waals surface area contributed by atoms with Crippen LogP contribution in [0.3, 0.4) is 0 Å². The van der Waals surface area contributed by atoms with Gasteiger partial charge in [-0.05, 0) is 86.1 Å². The number of pyridine rings is 1. The van der Waals surface area contributed by atoms with Gasteiger partial charge in [-0.25, -0.2) is 0 Å². The van der Waals surface area contributed by atoms with Gasteiger partial charge in [-0.15, -0.1) is 0 Å². The molecule has 10 heteroatoms. The lowest BCUT2D eigenvalue weighted by atomic mass is 9.89. The minimum Gasteiger partial charge on any atom is -0.398 e. The molecule has 0 atom stereocenters. The van der Waals surface area contributed by atoms with Gasteiger partial charge >= 0.3 is 0 Å². The van der Waals surface area contributed by atoms with Gasteiger partial charge in [0.1, 0.15) is 0 Å². The highest BCUT2D eigenvalue weighted by Crippen LogP contribution is 2.26. The van der Waals surface area contributed by atoms with Crippen molar-refractivity contribution in [2.45, 2.75) is 64.2 Å². The number of nitrogens with two attached hydrogens (primary N) is 1. The Labute approximate surface area is 292 Å². The number of halogens is 2. The molecule has 2 fully saturated rings. The van der Waals surface area contributed by atoms with Gasteiger partial charge in [0.25, 0.3) is 17.7 Å². The molecule has 0 radical (unpaired) electrons. The Morgan fingerprint density at radius 1 is 0.688 bits per heavy atom. The number of hydrogen-bond acceptors (Lipinski definition) is 5. The molecule has 252 valence electrons. The molecule has 4 aromatic rings. The lowest BCUT2D eigenvalue weighted by molar-refractivity contribution is 0.0936. The van der Waals surface area contributed by atoms with E-state index in [2.05, 4.69) is 20.9 Å². The van der Waals surface area contributed by atoms with Gasteiger partial charge in [-0.1, -0.05) is 79.9 Å². The van der Waals surface area contributed by atoms with Crippen molar-refractivity contribution in [1.82, 2.24) is 15.6 Å². The Hall–Kier alpha value is -4.14. The summed E-state index contributed by atoms with van der Waals surface area (Å²) in [6, 6.07) is 19.3. The van der Waals surface area contributed by atoms with Crippen molar-refractivity contribution in [3.63, 3.8) is 0 Å². The Kier molecular flexibility index (Phi) is 12.7. The summed E-state index contributed by atoms with van der Waals surface area (Å²) >= 11 is 12.0. The quantitative estimate of drug-likeness (QED) is 0.138. The number of amides is 3. The van der Waals surface area contributed by atoms with Crippen LogP contribution in [0.1, 0.15) is 95.3 Å². The highest BCUT2D eigenvalue weighted by molar-refractivity contribution is 6.31. The van der Waals surface area contributed by atoms with Crippen LogP contribution in [-0.2, 0) is 0 Å². The Morgan fingerprint density at radius 2 is 1.25 bits per heavy atom. The number of hydrogen-bond donors (Lipinski definition) is 4. The van der Waals surface area contributed by atoms with E-state index in [1.165, 1.54) is 57.6 Å². The van der Waals surface area contributed by atoms with Crippen molar-refractivity contribution in [1.29, 1.82) is 0 Å². The van der Waals surface area contributed by atoms with Crippen LogP contribution in [0.5, 0.6) is 0 Å². The third-order valence-electron chi connectivity index (χ3n) is 9.14. The van der Waals surface area contributed by atoms with Crippen LogP contribution < -0.4 is 21.7 Å². The number of nitrogens with zero attached hydrogens (tertiary/aromatic N) is 1. The molecule has 0 saturated heterocycles. The predicted octanol–water partition coefficient (Wildman–Crippen LogP) is 8.68. The van der Waals surface area contributed by atoms with Crippen molar-refractivity contribution in [2.24, 2.45) is 11.8 Å². The van der Waals surface area contributed by atoms with E-state index >= 15 is 0 Å². The molecule has 1 heterocycles. The minimum atomic E-state index is -0.322. The molecular weight excluding hydrogens is 645 g/mol.